The lowest BCUT2D eigenvalue weighted by Crippen LogP contribution is -2.17. The Hall–Kier alpha value is -1.55. The van der Waals surface area contributed by atoms with Gasteiger partial charge in [-0.05, 0) is 49.6 Å². The highest BCUT2D eigenvalue weighted by Gasteiger charge is 2.22. The fourth-order valence-corrected chi connectivity index (χ4v) is 1.99. The first-order chi connectivity index (χ1) is 8.02. The molecule has 0 saturated carbocycles. The van der Waals surface area contributed by atoms with Crippen molar-refractivity contribution < 1.29 is 14.6 Å². The van der Waals surface area contributed by atoms with Crippen LogP contribution in [0.15, 0.2) is 12.1 Å². The molecule has 0 fully saturated rings. The van der Waals surface area contributed by atoms with E-state index in [0.29, 0.717) is 13.0 Å². The van der Waals surface area contributed by atoms with Crippen LogP contribution in [0.1, 0.15) is 29.0 Å². The Balaban J connectivity index is 3.21. The molecule has 1 unspecified atom stereocenters. The van der Waals surface area contributed by atoms with E-state index in [-0.39, 0.29) is 0 Å². The summed E-state index contributed by atoms with van der Waals surface area (Å²) in [7, 11) is 1.61. The van der Waals surface area contributed by atoms with Crippen molar-refractivity contribution in [2.24, 2.45) is 5.73 Å². The molecule has 3 N–H and O–H groups in total. The van der Waals surface area contributed by atoms with Gasteiger partial charge in [0.25, 0.3) is 0 Å². The summed E-state index contributed by atoms with van der Waals surface area (Å²) in [5.41, 5.74) is 8.22. The van der Waals surface area contributed by atoms with Crippen LogP contribution in [0.5, 0.6) is 5.75 Å². The van der Waals surface area contributed by atoms with Gasteiger partial charge in [0.2, 0.25) is 0 Å². The van der Waals surface area contributed by atoms with Crippen LogP contribution in [0.25, 0.3) is 0 Å². The highest BCUT2D eigenvalue weighted by Crippen LogP contribution is 2.30. The Labute approximate surface area is 101 Å². The number of carboxylic acid groups (broad SMARTS) is 1. The second-order valence-corrected chi connectivity index (χ2v) is 4.08. The van der Waals surface area contributed by atoms with Crippen molar-refractivity contribution in [2.75, 3.05) is 13.7 Å². The lowest BCUT2D eigenvalue weighted by Gasteiger charge is -2.17. The maximum Gasteiger partial charge on any atom is 0.311 e. The number of ether oxygens (including phenoxy) is 1. The van der Waals surface area contributed by atoms with Gasteiger partial charge in [-0.3, -0.25) is 4.79 Å². The van der Waals surface area contributed by atoms with Gasteiger partial charge >= 0.3 is 5.97 Å². The van der Waals surface area contributed by atoms with Crippen LogP contribution >= 0.6 is 0 Å². The molecule has 1 rings (SSSR count). The van der Waals surface area contributed by atoms with E-state index < -0.39 is 11.9 Å². The summed E-state index contributed by atoms with van der Waals surface area (Å²) in [5, 5.41) is 9.21. The predicted molar refractivity (Wildman–Crippen MR) is 66.5 cm³/mol. The van der Waals surface area contributed by atoms with Crippen LogP contribution in [0, 0.1) is 13.8 Å². The summed E-state index contributed by atoms with van der Waals surface area (Å²) in [6, 6.07) is 3.62. The average molecular weight is 237 g/mol. The van der Waals surface area contributed by atoms with Crippen molar-refractivity contribution in [3.63, 3.8) is 0 Å². The SMILES string of the molecule is COc1ccc(C(CCN)C(=O)O)c(C)c1C. The highest BCUT2D eigenvalue weighted by atomic mass is 16.5. The zero-order valence-electron chi connectivity index (χ0n) is 10.5. The second kappa shape index (κ2) is 5.68. The minimum Gasteiger partial charge on any atom is -0.496 e. The van der Waals surface area contributed by atoms with Gasteiger partial charge in [-0.1, -0.05) is 6.07 Å². The summed E-state index contributed by atoms with van der Waals surface area (Å²) >= 11 is 0. The topological polar surface area (TPSA) is 72.5 Å². The quantitative estimate of drug-likeness (QED) is 0.819. The molecule has 0 radical (unpaired) electrons. The minimum atomic E-state index is -0.830. The Morgan fingerprint density at radius 3 is 2.53 bits per heavy atom. The Morgan fingerprint density at radius 2 is 2.06 bits per heavy atom. The lowest BCUT2D eigenvalue weighted by molar-refractivity contribution is -0.138. The molecular weight excluding hydrogens is 218 g/mol. The van der Waals surface area contributed by atoms with Gasteiger partial charge in [0.15, 0.2) is 0 Å². The highest BCUT2D eigenvalue weighted by molar-refractivity contribution is 5.77. The minimum absolute atomic E-state index is 0.363. The van der Waals surface area contributed by atoms with Crippen LogP contribution in [-0.2, 0) is 4.79 Å². The van der Waals surface area contributed by atoms with Crippen molar-refractivity contribution in [3.8, 4) is 5.75 Å². The predicted octanol–water partition coefficient (Wildman–Crippen LogP) is 1.83. The fraction of sp³-hybridized carbons (Fsp3) is 0.462. The summed E-state index contributed by atoms with van der Waals surface area (Å²) in [6.45, 7) is 4.21. The van der Waals surface area contributed by atoms with E-state index >= 15 is 0 Å². The van der Waals surface area contributed by atoms with Crippen LogP contribution < -0.4 is 10.5 Å². The summed E-state index contributed by atoms with van der Waals surface area (Å²) in [5.74, 6) is -0.587. The van der Waals surface area contributed by atoms with E-state index in [1.54, 1.807) is 7.11 Å². The van der Waals surface area contributed by atoms with Gasteiger partial charge in [0.05, 0.1) is 13.0 Å². The lowest BCUT2D eigenvalue weighted by atomic mass is 9.89. The molecule has 0 aliphatic carbocycles. The largest absolute Gasteiger partial charge is 0.496 e. The molecule has 0 amide bonds. The van der Waals surface area contributed by atoms with Gasteiger partial charge < -0.3 is 15.6 Å². The maximum atomic E-state index is 11.2. The maximum absolute atomic E-state index is 11.2. The van der Waals surface area contributed by atoms with Crippen LogP contribution in [0.4, 0.5) is 0 Å². The molecule has 1 aromatic rings. The first kappa shape index (κ1) is 13.5. The molecule has 0 heterocycles. The van der Waals surface area contributed by atoms with Crippen molar-refractivity contribution in [2.45, 2.75) is 26.2 Å². The summed E-state index contributed by atoms with van der Waals surface area (Å²) in [6.07, 6.45) is 0.446. The number of methoxy groups -OCH3 is 1. The smallest absolute Gasteiger partial charge is 0.311 e. The third-order valence-corrected chi connectivity index (χ3v) is 3.13. The number of carbonyl (C=O) groups is 1. The van der Waals surface area contributed by atoms with E-state index in [2.05, 4.69) is 0 Å². The molecule has 4 nitrogen and oxygen atoms in total. The van der Waals surface area contributed by atoms with E-state index in [0.717, 1.165) is 22.4 Å². The molecule has 1 aromatic carbocycles. The Bertz CT molecular complexity index is 415. The number of hydrogen-bond acceptors (Lipinski definition) is 3. The molecule has 0 aromatic heterocycles. The number of hydrogen-bond donors (Lipinski definition) is 2. The number of carboxylic acids is 1. The normalized spacial score (nSPS) is 12.2. The van der Waals surface area contributed by atoms with Gasteiger partial charge in [-0.2, -0.15) is 0 Å². The van der Waals surface area contributed by atoms with Crippen molar-refractivity contribution in [1.29, 1.82) is 0 Å². The molecule has 94 valence electrons. The standard InChI is InChI=1S/C13H19NO3/c1-8-9(2)12(17-3)5-4-10(8)11(6-7-14)13(15)16/h4-5,11H,6-7,14H2,1-3H3,(H,15,16). The molecular formula is C13H19NO3. The molecule has 1 atom stereocenters. The van der Waals surface area contributed by atoms with Gasteiger partial charge in [0, 0.05) is 0 Å². The Kier molecular flexibility index (Phi) is 4.52. The molecule has 0 aliphatic rings. The zero-order valence-corrected chi connectivity index (χ0v) is 10.5. The summed E-state index contributed by atoms with van der Waals surface area (Å²) < 4.78 is 5.21. The van der Waals surface area contributed by atoms with Crippen molar-refractivity contribution in [1.82, 2.24) is 0 Å². The average Bonchev–Trinajstić information content (AvgIpc) is 2.30. The van der Waals surface area contributed by atoms with Crippen molar-refractivity contribution in [3.05, 3.63) is 28.8 Å². The van der Waals surface area contributed by atoms with Crippen LogP contribution in [0.3, 0.4) is 0 Å². The number of rotatable bonds is 5. The summed E-state index contributed by atoms with van der Waals surface area (Å²) in [4.78, 5) is 11.2. The molecule has 0 saturated heterocycles. The van der Waals surface area contributed by atoms with Crippen molar-refractivity contribution >= 4 is 5.97 Å². The second-order valence-electron chi connectivity index (χ2n) is 4.08. The monoisotopic (exact) mass is 237 g/mol. The van der Waals surface area contributed by atoms with Gasteiger partial charge in [-0.25, -0.2) is 0 Å². The Morgan fingerprint density at radius 1 is 1.41 bits per heavy atom. The molecule has 0 spiro atoms. The van der Waals surface area contributed by atoms with Gasteiger partial charge in [-0.15, -0.1) is 0 Å². The molecule has 0 aliphatic heterocycles. The third-order valence-electron chi connectivity index (χ3n) is 3.13. The van der Waals surface area contributed by atoms with Crippen LogP contribution in [-0.4, -0.2) is 24.7 Å². The first-order valence-electron chi connectivity index (χ1n) is 5.59. The van der Waals surface area contributed by atoms with E-state index in [4.69, 9.17) is 10.5 Å². The van der Waals surface area contributed by atoms with Crippen LogP contribution in [0.2, 0.25) is 0 Å². The molecule has 4 heteroatoms. The number of nitrogens with two attached hydrogens (primary N) is 1. The van der Waals surface area contributed by atoms with E-state index in [1.165, 1.54) is 0 Å². The van der Waals surface area contributed by atoms with E-state index in [9.17, 15) is 9.90 Å². The number of aliphatic carboxylic acids is 1. The molecule has 17 heavy (non-hydrogen) atoms. The fourth-order valence-electron chi connectivity index (χ4n) is 1.99. The third kappa shape index (κ3) is 2.77. The zero-order chi connectivity index (χ0) is 13.0. The molecule has 0 bridgehead atoms. The van der Waals surface area contributed by atoms with E-state index in [1.807, 2.05) is 26.0 Å². The number of benzene rings is 1. The first-order valence-corrected chi connectivity index (χ1v) is 5.59. The van der Waals surface area contributed by atoms with Gasteiger partial charge in [0.1, 0.15) is 5.75 Å².